The zero-order chi connectivity index (χ0) is 15.1. The Morgan fingerprint density at radius 2 is 2.15 bits per heavy atom. The zero-order valence-electron chi connectivity index (χ0n) is 11.2. The Bertz CT molecular complexity index is 493. The molecule has 1 atom stereocenters. The lowest BCUT2D eigenvalue weighted by atomic mass is 10.1. The average Bonchev–Trinajstić information content (AvgIpc) is 2.35. The topological polar surface area (TPSA) is 66.4 Å². The Kier molecular flexibility index (Phi) is 6.45. The number of nitrogens with one attached hydrogen (secondary N) is 1. The van der Waals surface area contributed by atoms with E-state index in [4.69, 9.17) is 16.7 Å². The summed E-state index contributed by atoms with van der Waals surface area (Å²) in [5.41, 5.74) is -0.138. The lowest BCUT2D eigenvalue weighted by molar-refractivity contribution is -0.137. The molecule has 0 aliphatic carbocycles. The molecule has 0 fully saturated rings. The van der Waals surface area contributed by atoms with Crippen LogP contribution in [-0.4, -0.2) is 23.0 Å². The Morgan fingerprint density at radius 3 is 2.70 bits per heavy atom. The SMILES string of the molecule is CCCCC(CC(=O)O)NC(=O)c1ccc(Cl)cc1F. The molecule has 4 nitrogen and oxygen atoms in total. The predicted octanol–water partition coefficient (Wildman–Crippen LogP) is 3.24. The maximum Gasteiger partial charge on any atom is 0.305 e. The van der Waals surface area contributed by atoms with Gasteiger partial charge in [0, 0.05) is 11.1 Å². The average molecular weight is 302 g/mol. The third kappa shape index (κ3) is 5.17. The van der Waals surface area contributed by atoms with E-state index in [0.717, 1.165) is 18.9 Å². The quantitative estimate of drug-likeness (QED) is 0.812. The van der Waals surface area contributed by atoms with Crippen LogP contribution in [0.4, 0.5) is 4.39 Å². The molecule has 0 spiro atoms. The summed E-state index contributed by atoms with van der Waals surface area (Å²) in [6.07, 6.45) is 2.05. The fourth-order valence-electron chi connectivity index (χ4n) is 1.82. The van der Waals surface area contributed by atoms with E-state index in [9.17, 15) is 14.0 Å². The Labute approximate surface area is 121 Å². The lowest BCUT2D eigenvalue weighted by Gasteiger charge is -2.17. The Balaban J connectivity index is 2.75. The van der Waals surface area contributed by atoms with E-state index in [-0.39, 0.29) is 17.0 Å². The monoisotopic (exact) mass is 301 g/mol. The van der Waals surface area contributed by atoms with Crippen LogP contribution in [-0.2, 0) is 4.79 Å². The van der Waals surface area contributed by atoms with Crippen LogP contribution in [0.1, 0.15) is 43.0 Å². The van der Waals surface area contributed by atoms with Gasteiger partial charge in [0.05, 0.1) is 12.0 Å². The largest absolute Gasteiger partial charge is 0.481 e. The summed E-state index contributed by atoms with van der Waals surface area (Å²) >= 11 is 5.62. The number of halogens is 2. The van der Waals surface area contributed by atoms with Crippen molar-refractivity contribution in [3.8, 4) is 0 Å². The van der Waals surface area contributed by atoms with E-state index in [1.807, 2.05) is 6.92 Å². The summed E-state index contributed by atoms with van der Waals surface area (Å²) in [6, 6.07) is 3.24. The van der Waals surface area contributed by atoms with Crippen LogP contribution in [0, 0.1) is 5.82 Å². The number of carbonyl (C=O) groups excluding carboxylic acids is 1. The van der Waals surface area contributed by atoms with Crippen molar-refractivity contribution in [2.75, 3.05) is 0 Å². The smallest absolute Gasteiger partial charge is 0.305 e. The maximum absolute atomic E-state index is 13.6. The summed E-state index contributed by atoms with van der Waals surface area (Å²) in [4.78, 5) is 22.7. The third-order valence-electron chi connectivity index (χ3n) is 2.84. The number of amides is 1. The van der Waals surface area contributed by atoms with Gasteiger partial charge in [0.25, 0.3) is 5.91 Å². The van der Waals surface area contributed by atoms with Crippen molar-refractivity contribution in [2.45, 2.75) is 38.6 Å². The molecule has 0 bridgehead atoms. The first kappa shape index (κ1) is 16.4. The summed E-state index contributed by atoms with van der Waals surface area (Å²) < 4.78 is 13.6. The number of carboxylic acids is 1. The molecule has 0 saturated heterocycles. The highest BCUT2D eigenvalue weighted by Crippen LogP contribution is 2.15. The predicted molar refractivity (Wildman–Crippen MR) is 74.4 cm³/mol. The molecule has 1 rings (SSSR count). The minimum absolute atomic E-state index is 0.138. The molecule has 1 amide bonds. The van der Waals surface area contributed by atoms with Crippen molar-refractivity contribution >= 4 is 23.5 Å². The molecule has 1 aromatic rings. The number of hydrogen-bond donors (Lipinski definition) is 2. The number of hydrogen-bond acceptors (Lipinski definition) is 2. The van der Waals surface area contributed by atoms with Gasteiger partial charge in [0.15, 0.2) is 0 Å². The normalized spacial score (nSPS) is 11.9. The molecule has 1 unspecified atom stereocenters. The second-order valence-electron chi connectivity index (χ2n) is 4.53. The first-order valence-electron chi connectivity index (χ1n) is 6.41. The van der Waals surface area contributed by atoms with Crippen LogP contribution < -0.4 is 5.32 Å². The van der Waals surface area contributed by atoms with Crippen LogP contribution in [0.5, 0.6) is 0 Å². The molecule has 0 radical (unpaired) electrons. The van der Waals surface area contributed by atoms with E-state index in [1.165, 1.54) is 12.1 Å². The highest BCUT2D eigenvalue weighted by Gasteiger charge is 2.18. The molecule has 0 aromatic heterocycles. The van der Waals surface area contributed by atoms with Gasteiger partial charge in [-0.3, -0.25) is 9.59 Å². The van der Waals surface area contributed by atoms with E-state index in [1.54, 1.807) is 0 Å². The zero-order valence-corrected chi connectivity index (χ0v) is 11.9. The molecule has 2 N–H and O–H groups in total. The summed E-state index contributed by atoms with van der Waals surface area (Å²) in [5.74, 6) is -2.34. The minimum Gasteiger partial charge on any atom is -0.481 e. The van der Waals surface area contributed by atoms with Crippen LogP contribution in [0.3, 0.4) is 0 Å². The van der Waals surface area contributed by atoms with Gasteiger partial charge in [-0.1, -0.05) is 31.4 Å². The van der Waals surface area contributed by atoms with E-state index in [2.05, 4.69) is 5.32 Å². The second kappa shape index (κ2) is 7.85. The van der Waals surface area contributed by atoms with Crippen molar-refractivity contribution in [2.24, 2.45) is 0 Å². The van der Waals surface area contributed by atoms with Gasteiger partial charge >= 0.3 is 5.97 Å². The van der Waals surface area contributed by atoms with Crippen LogP contribution in [0.15, 0.2) is 18.2 Å². The molecule has 110 valence electrons. The number of carbonyl (C=O) groups is 2. The fraction of sp³-hybridized carbons (Fsp3) is 0.429. The first-order valence-corrected chi connectivity index (χ1v) is 6.79. The summed E-state index contributed by atoms with van der Waals surface area (Å²) in [7, 11) is 0. The molecule has 0 saturated carbocycles. The Hall–Kier alpha value is -1.62. The van der Waals surface area contributed by atoms with Gasteiger partial charge in [-0.25, -0.2) is 4.39 Å². The highest BCUT2D eigenvalue weighted by atomic mass is 35.5. The molecular weight excluding hydrogens is 285 g/mol. The van der Waals surface area contributed by atoms with Gasteiger partial charge in [-0.15, -0.1) is 0 Å². The van der Waals surface area contributed by atoms with Crippen LogP contribution in [0.2, 0.25) is 5.02 Å². The van der Waals surface area contributed by atoms with Crippen molar-refractivity contribution in [1.29, 1.82) is 0 Å². The number of rotatable bonds is 7. The van der Waals surface area contributed by atoms with Gasteiger partial charge in [0.1, 0.15) is 5.82 Å². The summed E-state index contributed by atoms with van der Waals surface area (Å²) in [5, 5.41) is 11.6. The fourth-order valence-corrected chi connectivity index (χ4v) is 1.98. The van der Waals surface area contributed by atoms with Gasteiger partial charge in [0.2, 0.25) is 0 Å². The first-order chi connectivity index (χ1) is 9.43. The molecule has 1 aromatic carbocycles. The summed E-state index contributed by atoms with van der Waals surface area (Å²) in [6.45, 7) is 1.97. The molecule has 0 aliphatic rings. The second-order valence-corrected chi connectivity index (χ2v) is 4.97. The molecule has 0 aliphatic heterocycles. The van der Waals surface area contributed by atoms with E-state index in [0.29, 0.717) is 6.42 Å². The number of aliphatic carboxylic acids is 1. The highest BCUT2D eigenvalue weighted by molar-refractivity contribution is 6.30. The number of carboxylic acid groups (broad SMARTS) is 1. The number of unbranched alkanes of at least 4 members (excludes halogenated alkanes) is 1. The van der Waals surface area contributed by atoms with Crippen molar-refractivity contribution in [1.82, 2.24) is 5.32 Å². The van der Waals surface area contributed by atoms with Gasteiger partial charge < -0.3 is 10.4 Å². The third-order valence-corrected chi connectivity index (χ3v) is 3.07. The van der Waals surface area contributed by atoms with Crippen LogP contribution in [0.25, 0.3) is 0 Å². The van der Waals surface area contributed by atoms with Crippen LogP contribution >= 0.6 is 11.6 Å². The van der Waals surface area contributed by atoms with Crippen molar-refractivity contribution in [3.63, 3.8) is 0 Å². The van der Waals surface area contributed by atoms with Gasteiger partial charge in [-0.2, -0.15) is 0 Å². The van der Waals surface area contributed by atoms with Gasteiger partial charge in [-0.05, 0) is 24.6 Å². The number of benzene rings is 1. The van der Waals surface area contributed by atoms with E-state index < -0.39 is 23.7 Å². The van der Waals surface area contributed by atoms with Crippen molar-refractivity contribution < 1.29 is 19.1 Å². The molecular formula is C14H17ClFNO3. The molecule has 6 heteroatoms. The van der Waals surface area contributed by atoms with E-state index >= 15 is 0 Å². The minimum atomic E-state index is -0.997. The lowest BCUT2D eigenvalue weighted by Crippen LogP contribution is -2.36. The molecule has 20 heavy (non-hydrogen) atoms. The maximum atomic E-state index is 13.6. The van der Waals surface area contributed by atoms with Crippen molar-refractivity contribution in [3.05, 3.63) is 34.6 Å². The Morgan fingerprint density at radius 1 is 1.45 bits per heavy atom. The molecule has 0 heterocycles. The standard InChI is InChI=1S/C14H17ClFNO3/c1-2-3-4-10(8-13(18)19)17-14(20)11-6-5-9(15)7-12(11)16/h5-7,10H,2-4,8H2,1H3,(H,17,20)(H,18,19).